The molecule has 0 aliphatic heterocycles. The van der Waals surface area contributed by atoms with E-state index >= 15 is 0 Å². The van der Waals surface area contributed by atoms with E-state index in [1.807, 2.05) is 24.3 Å². The van der Waals surface area contributed by atoms with E-state index < -0.39 is 0 Å². The fourth-order valence-electron chi connectivity index (χ4n) is 2.44. The summed E-state index contributed by atoms with van der Waals surface area (Å²) in [5.41, 5.74) is 3.30. The summed E-state index contributed by atoms with van der Waals surface area (Å²) in [7, 11) is 0. The summed E-state index contributed by atoms with van der Waals surface area (Å²) in [6.45, 7) is 0. The van der Waals surface area contributed by atoms with Gasteiger partial charge in [0.15, 0.2) is 5.58 Å². The standard InChI is InChI=1S/C19H12ClN3O2/c20-14-6-4-12(5-7-14)18(24)22-15-3-1-2-13(10-15)19-23-16-11-21-9-8-17(16)25-19/h1-11H,(H,22,24). The molecule has 4 aromatic rings. The first-order valence-electron chi connectivity index (χ1n) is 7.57. The van der Waals surface area contributed by atoms with Crippen LogP contribution in [0, 0.1) is 0 Å². The van der Waals surface area contributed by atoms with Crippen LogP contribution in [0.2, 0.25) is 5.02 Å². The molecule has 0 aliphatic carbocycles. The number of fused-ring (bicyclic) bond motifs is 1. The highest BCUT2D eigenvalue weighted by Crippen LogP contribution is 2.26. The molecule has 0 saturated heterocycles. The molecular weight excluding hydrogens is 338 g/mol. The second-order valence-corrected chi connectivity index (χ2v) is 5.84. The molecule has 5 nitrogen and oxygen atoms in total. The Morgan fingerprint density at radius 2 is 1.92 bits per heavy atom. The minimum atomic E-state index is -0.212. The van der Waals surface area contributed by atoms with Crippen molar-refractivity contribution in [3.05, 3.63) is 77.6 Å². The van der Waals surface area contributed by atoms with Gasteiger partial charge in [-0.3, -0.25) is 9.78 Å². The molecule has 0 fully saturated rings. The third-order valence-electron chi connectivity index (χ3n) is 3.66. The van der Waals surface area contributed by atoms with Gasteiger partial charge in [0.05, 0.1) is 6.20 Å². The van der Waals surface area contributed by atoms with E-state index in [4.69, 9.17) is 16.0 Å². The van der Waals surface area contributed by atoms with Crippen LogP contribution in [0.1, 0.15) is 10.4 Å². The van der Waals surface area contributed by atoms with E-state index in [2.05, 4.69) is 15.3 Å². The Balaban J connectivity index is 1.60. The molecule has 2 heterocycles. The van der Waals surface area contributed by atoms with Crippen LogP contribution in [0.5, 0.6) is 0 Å². The van der Waals surface area contributed by atoms with Crippen LogP contribution in [-0.2, 0) is 0 Å². The zero-order chi connectivity index (χ0) is 17.2. The molecule has 1 N–H and O–H groups in total. The molecule has 0 aliphatic rings. The van der Waals surface area contributed by atoms with Crippen molar-refractivity contribution in [2.24, 2.45) is 0 Å². The first-order valence-corrected chi connectivity index (χ1v) is 7.95. The molecule has 6 heteroatoms. The van der Waals surface area contributed by atoms with E-state index in [0.29, 0.717) is 33.3 Å². The highest BCUT2D eigenvalue weighted by atomic mass is 35.5. The molecule has 0 bridgehead atoms. The molecule has 2 aromatic carbocycles. The predicted molar refractivity (Wildman–Crippen MR) is 96.6 cm³/mol. The Morgan fingerprint density at radius 3 is 2.72 bits per heavy atom. The van der Waals surface area contributed by atoms with Crippen LogP contribution in [0.15, 0.2) is 71.4 Å². The van der Waals surface area contributed by atoms with Gasteiger partial charge < -0.3 is 9.73 Å². The van der Waals surface area contributed by atoms with Crippen molar-refractivity contribution < 1.29 is 9.21 Å². The summed E-state index contributed by atoms with van der Waals surface area (Å²) in [5.74, 6) is 0.265. The van der Waals surface area contributed by atoms with Crippen molar-refractivity contribution in [1.29, 1.82) is 0 Å². The summed E-state index contributed by atoms with van der Waals surface area (Å²) < 4.78 is 5.73. The average molecular weight is 350 g/mol. The number of carbonyl (C=O) groups is 1. The normalized spacial score (nSPS) is 10.8. The summed E-state index contributed by atoms with van der Waals surface area (Å²) in [4.78, 5) is 20.8. The van der Waals surface area contributed by atoms with Gasteiger partial charge in [0.25, 0.3) is 5.91 Å². The zero-order valence-electron chi connectivity index (χ0n) is 12.9. The Hall–Kier alpha value is -3.18. The van der Waals surface area contributed by atoms with Crippen LogP contribution >= 0.6 is 11.6 Å². The molecule has 4 rings (SSSR count). The summed E-state index contributed by atoms with van der Waals surface area (Å²) in [6, 6.07) is 15.8. The van der Waals surface area contributed by atoms with Gasteiger partial charge in [-0.2, -0.15) is 0 Å². The molecule has 25 heavy (non-hydrogen) atoms. The fraction of sp³-hybridized carbons (Fsp3) is 0. The van der Waals surface area contributed by atoms with Gasteiger partial charge in [0.2, 0.25) is 5.89 Å². The number of hydrogen-bond donors (Lipinski definition) is 1. The van der Waals surface area contributed by atoms with Crippen LogP contribution in [0.4, 0.5) is 5.69 Å². The van der Waals surface area contributed by atoms with Crippen LogP contribution in [0.3, 0.4) is 0 Å². The molecule has 122 valence electrons. The third kappa shape index (κ3) is 3.22. The van der Waals surface area contributed by atoms with Crippen LogP contribution in [0.25, 0.3) is 22.6 Å². The quantitative estimate of drug-likeness (QED) is 0.577. The highest BCUT2D eigenvalue weighted by molar-refractivity contribution is 6.30. The monoisotopic (exact) mass is 349 g/mol. The van der Waals surface area contributed by atoms with Crippen LogP contribution < -0.4 is 5.32 Å². The number of pyridine rings is 1. The van der Waals surface area contributed by atoms with Crippen LogP contribution in [-0.4, -0.2) is 15.9 Å². The highest BCUT2D eigenvalue weighted by Gasteiger charge is 2.10. The van der Waals surface area contributed by atoms with Crippen molar-refractivity contribution in [2.45, 2.75) is 0 Å². The Labute approximate surface area is 148 Å². The Kier molecular flexibility index (Phi) is 3.91. The lowest BCUT2D eigenvalue weighted by molar-refractivity contribution is 0.102. The first-order chi connectivity index (χ1) is 12.2. The van der Waals surface area contributed by atoms with E-state index in [0.717, 1.165) is 5.56 Å². The molecular formula is C19H12ClN3O2. The number of hydrogen-bond acceptors (Lipinski definition) is 4. The maximum absolute atomic E-state index is 12.3. The minimum absolute atomic E-state index is 0.212. The molecule has 0 radical (unpaired) electrons. The Morgan fingerprint density at radius 1 is 1.08 bits per heavy atom. The molecule has 0 saturated carbocycles. The number of anilines is 1. The lowest BCUT2D eigenvalue weighted by Gasteiger charge is -2.06. The maximum Gasteiger partial charge on any atom is 0.255 e. The lowest BCUT2D eigenvalue weighted by Crippen LogP contribution is -2.11. The molecule has 0 atom stereocenters. The predicted octanol–water partition coefficient (Wildman–Crippen LogP) is 4.80. The smallest absolute Gasteiger partial charge is 0.255 e. The van der Waals surface area contributed by atoms with Crippen molar-refractivity contribution in [1.82, 2.24) is 9.97 Å². The molecule has 1 amide bonds. The van der Waals surface area contributed by atoms with E-state index in [-0.39, 0.29) is 5.91 Å². The molecule has 0 spiro atoms. The number of carbonyl (C=O) groups excluding carboxylic acids is 1. The first kappa shape index (κ1) is 15.4. The number of halogens is 1. The van der Waals surface area contributed by atoms with Gasteiger partial charge in [0.1, 0.15) is 5.52 Å². The van der Waals surface area contributed by atoms with Gasteiger partial charge in [-0.05, 0) is 42.5 Å². The fourth-order valence-corrected chi connectivity index (χ4v) is 2.56. The second kappa shape index (κ2) is 6.37. The SMILES string of the molecule is O=C(Nc1cccc(-c2nc3cnccc3o2)c1)c1ccc(Cl)cc1. The maximum atomic E-state index is 12.3. The number of amides is 1. The molecule has 2 aromatic heterocycles. The second-order valence-electron chi connectivity index (χ2n) is 5.40. The topological polar surface area (TPSA) is 68.0 Å². The number of nitrogens with zero attached hydrogens (tertiary/aromatic N) is 2. The van der Waals surface area contributed by atoms with Gasteiger partial charge >= 0.3 is 0 Å². The van der Waals surface area contributed by atoms with Crippen molar-refractivity contribution in [2.75, 3.05) is 5.32 Å². The summed E-state index contributed by atoms with van der Waals surface area (Å²) in [6.07, 6.45) is 3.30. The van der Waals surface area contributed by atoms with E-state index in [1.54, 1.807) is 42.7 Å². The van der Waals surface area contributed by atoms with Crippen molar-refractivity contribution in [3.63, 3.8) is 0 Å². The zero-order valence-corrected chi connectivity index (χ0v) is 13.7. The number of benzene rings is 2. The number of rotatable bonds is 3. The molecule has 0 unspecified atom stereocenters. The summed E-state index contributed by atoms with van der Waals surface area (Å²) in [5, 5.41) is 3.44. The Bertz CT molecular complexity index is 1020. The van der Waals surface area contributed by atoms with Gasteiger partial charge in [-0.1, -0.05) is 17.7 Å². The van der Waals surface area contributed by atoms with Gasteiger partial charge in [-0.25, -0.2) is 4.98 Å². The average Bonchev–Trinajstić information content (AvgIpc) is 3.07. The van der Waals surface area contributed by atoms with Crippen molar-refractivity contribution in [3.8, 4) is 11.5 Å². The van der Waals surface area contributed by atoms with Gasteiger partial charge in [0, 0.05) is 34.1 Å². The largest absolute Gasteiger partial charge is 0.436 e. The number of oxazole rings is 1. The lowest BCUT2D eigenvalue weighted by atomic mass is 10.1. The van der Waals surface area contributed by atoms with E-state index in [9.17, 15) is 4.79 Å². The third-order valence-corrected chi connectivity index (χ3v) is 3.92. The van der Waals surface area contributed by atoms with Crippen molar-refractivity contribution >= 4 is 34.3 Å². The van der Waals surface area contributed by atoms with E-state index in [1.165, 1.54) is 0 Å². The summed E-state index contributed by atoms with van der Waals surface area (Å²) >= 11 is 5.85. The minimum Gasteiger partial charge on any atom is -0.436 e. The van der Waals surface area contributed by atoms with Gasteiger partial charge in [-0.15, -0.1) is 0 Å². The number of aromatic nitrogens is 2. The number of nitrogens with one attached hydrogen (secondary N) is 1.